The van der Waals surface area contributed by atoms with Gasteiger partial charge in [0.2, 0.25) is 20.0 Å². The molecule has 0 bridgehead atoms. The third-order valence-electron chi connectivity index (χ3n) is 2.81. The summed E-state index contributed by atoms with van der Waals surface area (Å²) < 4.78 is 77.8. The van der Waals surface area contributed by atoms with E-state index in [1.54, 1.807) is 0 Å². The van der Waals surface area contributed by atoms with E-state index in [2.05, 4.69) is 0 Å². The maximum absolute atomic E-state index is 11.6. The van der Waals surface area contributed by atoms with E-state index in [-0.39, 0.29) is 18.8 Å². The van der Waals surface area contributed by atoms with E-state index in [1.807, 2.05) is 0 Å². The summed E-state index contributed by atoms with van der Waals surface area (Å²) in [7, 11) is -9.32. The molecule has 0 heterocycles. The molecule has 0 atom stereocenters. The quantitative estimate of drug-likeness (QED) is 0.394. The number of hydrogen-bond donors (Lipinski definition) is 1. The van der Waals surface area contributed by atoms with Gasteiger partial charge in [-0.05, 0) is 19.8 Å². The number of nitrogens with zero attached hydrogens (tertiary/aromatic N) is 2. The van der Waals surface area contributed by atoms with Crippen molar-refractivity contribution < 1.29 is 29.8 Å². The Balaban J connectivity index is 4.32. The Labute approximate surface area is 126 Å². The molecule has 12 heteroatoms. The average molecular weight is 366 g/mol. The lowest BCUT2D eigenvalue weighted by Crippen LogP contribution is -2.33. The van der Waals surface area contributed by atoms with Crippen molar-refractivity contribution >= 4 is 30.2 Å². The van der Waals surface area contributed by atoms with Crippen LogP contribution in [0, 0.1) is 0 Å². The second-order valence-corrected chi connectivity index (χ2v) is 10.8. The van der Waals surface area contributed by atoms with Crippen LogP contribution in [-0.4, -0.2) is 76.4 Å². The summed E-state index contributed by atoms with van der Waals surface area (Å²) in [5, 5.41) is -1.36. The van der Waals surface area contributed by atoms with Gasteiger partial charge < -0.3 is 0 Å². The number of unbranched alkanes of at least 4 members (excludes halogenated alkanes) is 1. The molecule has 0 fully saturated rings. The molecule has 0 saturated carbocycles. The highest BCUT2D eigenvalue weighted by Crippen LogP contribution is 2.06. The minimum absolute atomic E-state index is 0.00780. The van der Waals surface area contributed by atoms with E-state index in [1.165, 1.54) is 25.3 Å². The molecule has 0 rings (SSSR count). The predicted molar refractivity (Wildman–Crippen MR) is 79.3 cm³/mol. The zero-order valence-electron chi connectivity index (χ0n) is 12.3. The second kappa shape index (κ2) is 7.83. The average Bonchev–Trinajstić information content (AvgIpc) is 2.30. The maximum Gasteiger partial charge on any atom is 0.280 e. The highest BCUT2D eigenvalue weighted by atomic mass is 32.3. The first-order valence-electron chi connectivity index (χ1n) is 6.15. The van der Waals surface area contributed by atoms with Crippen molar-refractivity contribution in [2.75, 3.05) is 38.0 Å². The number of rotatable bonds is 10. The molecular formula is C9H22N2O7S3. The van der Waals surface area contributed by atoms with Crippen molar-refractivity contribution in [1.29, 1.82) is 0 Å². The minimum atomic E-state index is -4.61. The van der Waals surface area contributed by atoms with Crippen molar-refractivity contribution in [3.05, 3.63) is 0 Å². The summed E-state index contributed by atoms with van der Waals surface area (Å²) in [6.07, 6.45) is 0.798. The van der Waals surface area contributed by atoms with Gasteiger partial charge in [0, 0.05) is 27.2 Å². The van der Waals surface area contributed by atoms with E-state index >= 15 is 0 Å². The third-order valence-corrected chi connectivity index (χ3v) is 8.19. The molecule has 0 unspecified atom stereocenters. The number of sulfonamides is 2. The Morgan fingerprint density at radius 3 is 1.52 bits per heavy atom. The maximum atomic E-state index is 11.6. The predicted octanol–water partition coefficient (Wildman–Crippen LogP) is -0.845. The Kier molecular flexibility index (Phi) is 7.73. The third kappa shape index (κ3) is 8.07. The lowest BCUT2D eigenvalue weighted by Gasteiger charge is -2.18. The molecule has 9 nitrogen and oxygen atoms in total. The summed E-state index contributed by atoms with van der Waals surface area (Å²) in [6.45, 7) is 1.82. The van der Waals surface area contributed by atoms with E-state index in [4.69, 9.17) is 4.55 Å². The van der Waals surface area contributed by atoms with Gasteiger partial charge in [0.1, 0.15) is 0 Å². The standard InChI is InChI=1S/C9H22N2O7S3/c1-4-19(12,13)10(2)7-5-6-8-11(3)20(14,15)9-21(16,17)18/h4-9H2,1-3H3,(H,16,17,18). The molecule has 1 N–H and O–H groups in total. The Bertz CT molecular complexity index is 624. The molecule has 0 aliphatic rings. The molecule has 0 aromatic carbocycles. The molecule has 21 heavy (non-hydrogen) atoms. The SMILES string of the molecule is CCS(=O)(=O)N(C)CCCCN(C)S(=O)(=O)CS(=O)(=O)O. The lowest BCUT2D eigenvalue weighted by atomic mass is 10.3. The van der Waals surface area contributed by atoms with Crippen molar-refractivity contribution in [2.24, 2.45) is 0 Å². The Morgan fingerprint density at radius 2 is 1.19 bits per heavy atom. The van der Waals surface area contributed by atoms with Crippen LogP contribution in [0.25, 0.3) is 0 Å². The summed E-state index contributed by atoms with van der Waals surface area (Å²) in [5.41, 5.74) is 0. The first-order valence-corrected chi connectivity index (χ1v) is 11.0. The van der Waals surface area contributed by atoms with E-state index in [0.29, 0.717) is 12.8 Å². The highest BCUT2D eigenvalue weighted by molar-refractivity contribution is 8.04. The van der Waals surface area contributed by atoms with Gasteiger partial charge in [0.05, 0.1) is 5.75 Å². The fourth-order valence-electron chi connectivity index (χ4n) is 1.45. The van der Waals surface area contributed by atoms with Crippen LogP contribution in [0.15, 0.2) is 0 Å². The van der Waals surface area contributed by atoms with Gasteiger partial charge >= 0.3 is 0 Å². The molecule has 0 aromatic rings. The first kappa shape index (κ1) is 20.7. The lowest BCUT2D eigenvalue weighted by molar-refractivity contribution is 0.422. The molecule has 0 aliphatic heterocycles. The Morgan fingerprint density at radius 1 is 0.810 bits per heavy atom. The number of hydrogen-bond acceptors (Lipinski definition) is 6. The molecule has 0 aliphatic carbocycles. The summed E-state index contributed by atoms with van der Waals surface area (Å²) in [4.78, 5) is 0. The smallest absolute Gasteiger partial charge is 0.280 e. The second-order valence-electron chi connectivity index (χ2n) is 4.56. The van der Waals surface area contributed by atoms with Crippen molar-refractivity contribution in [3.63, 3.8) is 0 Å². The van der Waals surface area contributed by atoms with Crippen LogP contribution in [0.4, 0.5) is 0 Å². The van der Waals surface area contributed by atoms with E-state index < -0.39 is 35.2 Å². The van der Waals surface area contributed by atoms with Gasteiger partial charge in [-0.3, -0.25) is 4.55 Å². The fourth-order valence-corrected chi connectivity index (χ4v) is 4.93. The van der Waals surface area contributed by atoms with Gasteiger partial charge in [-0.2, -0.15) is 8.42 Å². The van der Waals surface area contributed by atoms with Crippen LogP contribution in [-0.2, 0) is 30.2 Å². The molecule has 0 aromatic heterocycles. The van der Waals surface area contributed by atoms with Crippen molar-refractivity contribution in [1.82, 2.24) is 8.61 Å². The molecule has 0 spiro atoms. The van der Waals surface area contributed by atoms with E-state index in [9.17, 15) is 25.3 Å². The molecule has 128 valence electrons. The van der Waals surface area contributed by atoms with Crippen LogP contribution in [0.1, 0.15) is 19.8 Å². The summed E-state index contributed by atoms with van der Waals surface area (Å²) in [5.74, 6) is -0.00780. The van der Waals surface area contributed by atoms with Crippen LogP contribution in [0.2, 0.25) is 0 Å². The van der Waals surface area contributed by atoms with Crippen LogP contribution < -0.4 is 0 Å². The summed E-state index contributed by atoms with van der Waals surface area (Å²) in [6, 6.07) is 0. The normalized spacial score (nSPS) is 14.0. The fraction of sp³-hybridized carbons (Fsp3) is 1.00. The monoisotopic (exact) mass is 366 g/mol. The van der Waals surface area contributed by atoms with Gasteiger partial charge in [0.15, 0.2) is 5.08 Å². The van der Waals surface area contributed by atoms with Crippen LogP contribution >= 0.6 is 0 Å². The van der Waals surface area contributed by atoms with Crippen LogP contribution in [0.3, 0.4) is 0 Å². The topological polar surface area (TPSA) is 129 Å². The van der Waals surface area contributed by atoms with Crippen molar-refractivity contribution in [2.45, 2.75) is 19.8 Å². The minimum Gasteiger partial charge on any atom is -0.285 e. The van der Waals surface area contributed by atoms with Gasteiger partial charge in [0.25, 0.3) is 10.1 Å². The summed E-state index contributed by atoms with van der Waals surface area (Å²) >= 11 is 0. The highest BCUT2D eigenvalue weighted by Gasteiger charge is 2.24. The van der Waals surface area contributed by atoms with Crippen molar-refractivity contribution in [3.8, 4) is 0 Å². The van der Waals surface area contributed by atoms with Gasteiger partial charge in [-0.1, -0.05) is 0 Å². The Hall–Kier alpha value is -0.270. The zero-order valence-corrected chi connectivity index (χ0v) is 14.7. The molecular weight excluding hydrogens is 344 g/mol. The molecule has 0 saturated heterocycles. The molecule has 0 amide bonds. The zero-order chi connectivity index (χ0) is 16.9. The molecule has 0 radical (unpaired) electrons. The first-order chi connectivity index (χ1) is 9.32. The van der Waals surface area contributed by atoms with Gasteiger partial charge in [-0.25, -0.2) is 25.4 Å². The van der Waals surface area contributed by atoms with Gasteiger partial charge in [-0.15, -0.1) is 0 Å². The largest absolute Gasteiger partial charge is 0.285 e. The van der Waals surface area contributed by atoms with Crippen LogP contribution in [0.5, 0.6) is 0 Å². The van der Waals surface area contributed by atoms with E-state index in [0.717, 1.165) is 4.31 Å².